The van der Waals surface area contributed by atoms with Crippen LogP contribution in [0.25, 0.3) is 0 Å². The molecule has 1 unspecified atom stereocenters. The van der Waals surface area contributed by atoms with Crippen molar-refractivity contribution < 1.29 is 22.7 Å². The van der Waals surface area contributed by atoms with Crippen molar-refractivity contribution in [2.24, 2.45) is 0 Å². The summed E-state index contributed by atoms with van der Waals surface area (Å²) in [5.41, 5.74) is 3.09. The SMILES string of the molecule is COc1ccc(C(C)NC(=O)c2ccc(Cl)c(S(=O)(=O)Nc3cc(C)ccc3C)c2)cc1OC. The molecule has 3 rings (SSSR count). The highest BCUT2D eigenvalue weighted by molar-refractivity contribution is 7.92. The summed E-state index contributed by atoms with van der Waals surface area (Å²) < 4.78 is 39.3. The molecule has 3 aromatic rings. The average Bonchev–Trinajstić information content (AvgIpc) is 2.80. The van der Waals surface area contributed by atoms with Gasteiger partial charge in [0.25, 0.3) is 15.9 Å². The van der Waals surface area contributed by atoms with Crippen molar-refractivity contribution in [3.63, 3.8) is 0 Å². The molecular formula is C25H27ClN2O5S. The van der Waals surface area contributed by atoms with Crippen molar-refractivity contribution in [2.75, 3.05) is 18.9 Å². The number of carbonyl (C=O) groups excluding carboxylic acids is 1. The van der Waals surface area contributed by atoms with Gasteiger partial charge in [0.15, 0.2) is 11.5 Å². The van der Waals surface area contributed by atoms with E-state index >= 15 is 0 Å². The topological polar surface area (TPSA) is 93.7 Å². The summed E-state index contributed by atoms with van der Waals surface area (Å²) in [4.78, 5) is 12.7. The van der Waals surface area contributed by atoms with E-state index < -0.39 is 15.9 Å². The van der Waals surface area contributed by atoms with Crippen molar-refractivity contribution >= 4 is 33.2 Å². The van der Waals surface area contributed by atoms with Gasteiger partial charge < -0.3 is 14.8 Å². The van der Waals surface area contributed by atoms with E-state index in [0.717, 1.165) is 16.7 Å². The quantitative estimate of drug-likeness (QED) is 0.438. The summed E-state index contributed by atoms with van der Waals surface area (Å²) in [5, 5.41) is 2.89. The molecule has 3 aromatic carbocycles. The first-order valence-corrected chi connectivity index (χ1v) is 12.3. The Morgan fingerprint density at radius 3 is 2.32 bits per heavy atom. The molecule has 180 valence electrons. The van der Waals surface area contributed by atoms with Crippen LogP contribution in [0.15, 0.2) is 59.5 Å². The number of ether oxygens (including phenoxy) is 2. The van der Waals surface area contributed by atoms with Crippen molar-refractivity contribution in [3.8, 4) is 11.5 Å². The molecule has 0 bridgehead atoms. The summed E-state index contributed by atoms with van der Waals surface area (Å²) >= 11 is 6.21. The molecular weight excluding hydrogens is 476 g/mol. The lowest BCUT2D eigenvalue weighted by atomic mass is 10.1. The predicted octanol–water partition coefficient (Wildman–Crippen LogP) is 5.27. The molecule has 1 amide bonds. The lowest BCUT2D eigenvalue weighted by molar-refractivity contribution is 0.0939. The lowest BCUT2D eigenvalue weighted by Crippen LogP contribution is -2.27. The van der Waals surface area contributed by atoms with Gasteiger partial charge in [-0.15, -0.1) is 0 Å². The number of methoxy groups -OCH3 is 2. The van der Waals surface area contributed by atoms with Crippen LogP contribution in [0.2, 0.25) is 5.02 Å². The van der Waals surface area contributed by atoms with Crippen molar-refractivity contribution in [1.29, 1.82) is 0 Å². The van der Waals surface area contributed by atoms with Gasteiger partial charge in [0, 0.05) is 5.56 Å². The fourth-order valence-electron chi connectivity index (χ4n) is 3.38. The Bertz CT molecular complexity index is 1320. The molecule has 0 saturated carbocycles. The van der Waals surface area contributed by atoms with Gasteiger partial charge in [-0.25, -0.2) is 8.42 Å². The molecule has 0 aliphatic carbocycles. The van der Waals surface area contributed by atoms with Crippen LogP contribution in [-0.2, 0) is 10.0 Å². The van der Waals surface area contributed by atoms with Crippen molar-refractivity contribution in [2.45, 2.75) is 31.7 Å². The smallest absolute Gasteiger partial charge is 0.263 e. The van der Waals surface area contributed by atoms with E-state index in [1.165, 1.54) is 25.3 Å². The third-order valence-electron chi connectivity index (χ3n) is 5.38. The number of halogens is 1. The highest BCUT2D eigenvalue weighted by Gasteiger charge is 2.22. The predicted molar refractivity (Wildman–Crippen MR) is 134 cm³/mol. The average molecular weight is 503 g/mol. The Kier molecular flexibility index (Phi) is 7.74. The van der Waals surface area contributed by atoms with E-state index in [9.17, 15) is 13.2 Å². The maximum Gasteiger partial charge on any atom is 0.263 e. The molecule has 0 heterocycles. The summed E-state index contributed by atoms with van der Waals surface area (Å²) in [6, 6.07) is 14.6. The summed E-state index contributed by atoms with van der Waals surface area (Å²) in [6.07, 6.45) is 0. The van der Waals surface area contributed by atoms with Gasteiger partial charge in [0.05, 0.1) is 31.0 Å². The first kappa shape index (κ1) is 25.4. The number of hydrogen-bond acceptors (Lipinski definition) is 5. The van der Waals surface area contributed by atoms with Crippen LogP contribution in [0.3, 0.4) is 0 Å². The lowest BCUT2D eigenvalue weighted by Gasteiger charge is -2.17. The normalized spacial score (nSPS) is 12.1. The summed E-state index contributed by atoms with van der Waals surface area (Å²) in [7, 11) is -0.949. The Hall–Kier alpha value is -3.23. The summed E-state index contributed by atoms with van der Waals surface area (Å²) in [5.74, 6) is 0.675. The Morgan fingerprint density at radius 1 is 0.941 bits per heavy atom. The molecule has 9 heteroatoms. The second-order valence-corrected chi connectivity index (χ2v) is 9.94. The molecule has 7 nitrogen and oxygen atoms in total. The molecule has 0 spiro atoms. The first-order chi connectivity index (χ1) is 16.1. The molecule has 0 fully saturated rings. The molecule has 0 aliphatic rings. The van der Waals surface area contributed by atoms with E-state index in [0.29, 0.717) is 17.2 Å². The van der Waals surface area contributed by atoms with Gasteiger partial charge in [0.2, 0.25) is 0 Å². The van der Waals surface area contributed by atoms with Crippen LogP contribution in [0, 0.1) is 13.8 Å². The Balaban J connectivity index is 1.85. The molecule has 34 heavy (non-hydrogen) atoms. The summed E-state index contributed by atoms with van der Waals surface area (Å²) in [6.45, 7) is 5.49. The molecule has 1 atom stereocenters. The van der Waals surface area contributed by atoms with Crippen LogP contribution in [0.1, 0.15) is 40.0 Å². The number of aryl methyl sites for hydroxylation is 2. The highest BCUT2D eigenvalue weighted by Crippen LogP contribution is 2.30. The monoisotopic (exact) mass is 502 g/mol. The Morgan fingerprint density at radius 2 is 1.65 bits per heavy atom. The first-order valence-electron chi connectivity index (χ1n) is 10.5. The largest absolute Gasteiger partial charge is 0.493 e. The molecule has 0 aromatic heterocycles. The number of carbonyl (C=O) groups is 1. The van der Waals surface area contributed by atoms with Gasteiger partial charge in [-0.3, -0.25) is 9.52 Å². The number of hydrogen-bond donors (Lipinski definition) is 2. The zero-order chi connectivity index (χ0) is 25.0. The minimum atomic E-state index is -4.03. The number of amides is 1. The zero-order valence-corrected chi connectivity index (χ0v) is 21.2. The molecule has 2 N–H and O–H groups in total. The molecule has 0 aliphatic heterocycles. The number of rotatable bonds is 8. The number of sulfonamides is 1. The second-order valence-electron chi connectivity index (χ2n) is 7.88. The van der Waals surface area contributed by atoms with Gasteiger partial charge in [-0.2, -0.15) is 0 Å². The standard InChI is InChI=1S/C25H27ClN2O5S/c1-15-6-7-16(2)21(12-15)28-34(30,31)24-14-19(8-10-20(24)26)25(29)27-17(3)18-9-11-22(32-4)23(13-18)33-5/h6-14,17,28H,1-5H3,(H,27,29). The van der Waals surface area contributed by atoms with Gasteiger partial charge in [0.1, 0.15) is 4.90 Å². The molecule has 0 saturated heterocycles. The second kappa shape index (κ2) is 10.4. The van der Waals surface area contributed by atoms with E-state index in [1.54, 1.807) is 32.2 Å². The zero-order valence-electron chi connectivity index (χ0n) is 19.6. The van der Waals surface area contributed by atoms with Crippen LogP contribution >= 0.6 is 11.6 Å². The third kappa shape index (κ3) is 5.63. The van der Waals surface area contributed by atoms with Gasteiger partial charge in [-0.05, 0) is 73.9 Å². The van der Waals surface area contributed by atoms with E-state index in [4.69, 9.17) is 21.1 Å². The van der Waals surface area contributed by atoms with Crippen LogP contribution in [0.4, 0.5) is 5.69 Å². The van der Waals surface area contributed by atoms with Gasteiger partial charge >= 0.3 is 0 Å². The minimum absolute atomic E-state index is 0.0160. The van der Waals surface area contributed by atoms with E-state index in [1.807, 2.05) is 32.0 Å². The molecule has 0 radical (unpaired) electrons. The number of nitrogens with one attached hydrogen (secondary N) is 2. The van der Waals surface area contributed by atoms with E-state index in [-0.39, 0.29) is 21.5 Å². The fourth-order valence-corrected chi connectivity index (χ4v) is 5.03. The highest BCUT2D eigenvalue weighted by atomic mass is 35.5. The van der Waals surface area contributed by atoms with Crippen molar-refractivity contribution in [3.05, 3.63) is 81.9 Å². The third-order valence-corrected chi connectivity index (χ3v) is 7.22. The number of benzene rings is 3. The minimum Gasteiger partial charge on any atom is -0.493 e. The van der Waals surface area contributed by atoms with Crippen LogP contribution in [-0.4, -0.2) is 28.5 Å². The van der Waals surface area contributed by atoms with E-state index in [2.05, 4.69) is 10.0 Å². The maximum absolute atomic E-state index is 13.1. The van der Waals surface area contributed by atoms with Crippen LogP contribution in [0.5, 0.6) is 11.5 Å². The van der Waals surface area contributed by atoms with Crippen LogP contribution < -0.4 is 19.5 Å². The maximum atomic E-state index is 13.1. The fraction of sp³-hybridized carbons (Fsp3) is 0.240. The van der Waals surface area contributed by atoms with Gasteiger partial charge in [-0.1, -0.05) is 29.8 Å². The number of anilines is 1. The Labute approximate surface area is 205 Å². The van der Waals surface area contributed by atoms with Crippen molar-refractivity contribution in [1.82, 2.24) is 5.32 Å².